The monoisotopic (exact) mass is 693 g/mol. The molecule has 9 aromatic carbocycles. The van der Waals surface area contributed by atoms with E-state index in [0.717, 1.165) is 39.0 Å². The van der Waals surface area contributed by atoms with Crippen LogP contribution < -0.4 is 4.90 Å². The third kappa shape index (κ3) is 4.86. The summed E-state index contributed by atoms with van der Waals surface area (Å²) in [7, 11) is 0. The zero-order chi connectivity index (χ0) is 34.9. The molecule has 0 bridgehead atoms. The summed E-state index contributed by atoms with van der Waals surface area (Å²) in [6.07, 6.45) is 0. The van der Waals surface area contributed by atoms with Crippen LogP contribution in [0.25, 0.3) is 85.9 Å². The Kier molecular flexibility index (Phi) is 6.76. The lowest BCUT2D eigenvalue weighted by Crippen LogP contribution is -2.10. The predicted molar refractivity (Wildman–Crippen MR) is 227 cm³/mol. The van der Waals surface area contributed by atoms with Gasteiger partial charge in [0.2, 0.25) is 0 Å². The van der Waals surface area contributed by atoms with Crippen molar-refractivity contribution in [1.82, 2.24) is 0 Å². The highest BCUT2D eigenvalue weighted by atomic mass is 32.1. The topological polar surface area (TPSA) is 16.4 Å². The summed E-state index contributed by atoms with van der Waals surface area (Å²) < 4.78 is 8.98. The van der Waals surface area contributed by atoms with Crippen LogP contribution in [0.15, 0.2) is 192 Å². The Hall–Kier alpha value is -6.68. The Labute approximate surface area is 310 Å². The van der Waals surface area contributed by atoms with Crippen molar-refractivity contribution in [2.75, 3.05) is 4.90 Å². The van der Waals surface area contributed by atoms with E-state index in [4.69, 9.17) is 4.42 Å². The van der Waals surface area contributed by atoms with E-state index >= 15 is 0 Å². The SMILES string of the molecule is c1ccc(-c2cccc3c2sc2c(N(c4ccc(-c5ccc6c(ccc7ccccc76)c5)cc4)c4ccc5c(c4)oc4ccccc45)cccc23)cc1. The number of hydrogen-bond donors (Lipinski definition) is 0. The van der Waals surface area contributed by atoms with E-state index in [9.17, 15) is 0 Å². The van der Waals surface area contributed by atoms with E-state index in [0.29, 0.717) is 0 Å². The first-order valence-electron chi connectivity index (χ1n) is 18.0. The van der Waals surface area contributed by atoms with Gasteiger partial charge in [-0.2, -0.15) is 0 Å². The second-order valence-electron chi connectivity index (χ2n) is 13.7. The highest BCUT2D eigenvalue weighted by molar-refractivity contribution is 7.27. The third-order valence-corrected chi connectivity index (χ3v) is 11.9. The van der Waals surface area contributed by atoms with Gasteiger partial charge in [0.1, 0.15) is 11.2 Å². The van der Waals surface area contributed by atoms with Gasteiger partial charge in [-0.15, -0.1) is 11.3 Å². The highest BCUT2D eigenvalue weighted by Gasteiger charge is 2.21. The van der Waals surface area contributed by atoms with E-state index < -0.39 is 0 Å². The van der Waals surface area contributed by atoms with Crippen molar-refractivity contribution in [2.24, 2.45) is 0 Å². The van der Waals surface area contributed by atoms with Crippen molar-refractivity contribution < 1.29 is 4.42 Å². The maximum atomic E-state index is 6.43. The zero-order valence-electron chi connectivity index (χ0n) is 28.7. The zero-order valence-corrected chi connectivity index (χ0v) is 29.5. The average Bonchev–Trinajstić information content (AvgIpc) is 3.80. The quantitative estimate of drug-likeness (QED) is 0.167. The first-order chi connectivity index (χ1) is 26.3. The summed E-state index contributed by atoms with van der Waals surface area (Å²) in [5.41, 5.74) is 9.94. The molecule has 0 atom stereocenters. The van der Waals surface area contributed by atoms with Crippen LogP contribution in [0.3, 0.4) is 0 Å². The Morgan fingerprint density at radius 2 is 1.00 bits per heavy atom. The van der Waals surface area contributed by atoms with Crippen LogP contribution in [0.2, 0.25) is 0 Å². The lowest BCUT2D eigenvalue weighted by molar-refractivity contribution is 0.669. The third-order valence-electron chi connectivity index (χ3n) is 10.7. The smallest absolute Gasteiger partial charge is 0.137 e. The highest BCUT2D eigenvalue weighted by Crippen LogP contribution is 2.48. The molecule has 0 radical (unpaired) electrons. The summed E-state index contributed by atoms with van der Waals surface area (Å²) >= 11 is 1.87. The molecule has 0 aliphatic heterocycles. The van der Waals surface area contributed by atoms with Crippen LogP contribution in [-0.2, 0) is 0 Å². The molecule has 0 N–H and O–H groups in total. The van der Waals surface area contributed by atoms with Gasteiger partial charge < -0.3 is 9.32 Å². The van der Waals surface area contributed by atoms with Crippen LogP contribution in [0.1, 0.15) is 0 Å². The molecule has 0 aliphatic carbocycles. The van der Waals surface area contributed by atoms with Gasteiger partial charge in [0, 0.05) is 43.7 Å². The molecule has 248 valence electrons. The maximum Gasteiger partial charge on any atom is 0.137 e. The van der Waals surface area contributed by atoms with Crippen molar-refractivity contribution in [2.45, 2.75) is 0 Å². The molecule has 3 heteroatoms. The number of fused-ring (bicyclic) bond motifs is 9. The Balaban J connectivity index is 1.08. The maximum absolute atomic E-state index is 6.43. The predicted octanol–water partition coefficient (Wildman–Crippen LogP) is 15.1. The fraction of sp³-hybridized carbons (Fsp3) is 0. The van der Waals surface area contributed by atoms with Crippen LogP contribution in [0, 0.1) is 0 Å². The molecule has 0 saturated carbocycles. The average molecular weight is 694 g/mol. The second-order valence-corrected chi connectivity index (χ2v) is 14.7. The van der Waals surface area contributed by atoms with Crippen molar-refractivity contribution in [3.63, 3.8) is 0 Å². The van der Waals surface area contributed by atoms with Crippen LogP contribution in [0.5, 0.6) is 0 Å². The summed E-state index contributed by atoms with van der Waals surface area (Å²) in [5, 5.41) is 9.87. The van der Waals surface area contributed by atoms with Crippen LogP contribution in [0.4, 0.5) is 17.1 Å². The summed E-state index contributed by atoms with van der Waals surface area (Å²) in [6.45, 7) is 0. The van der Waals surface area contributed by atoms with Crippen molar-refractivity contribution >= 4 is 92.1 Å². The molecular weight excluding hydrogens is 663 g/mol. The van der Waals surface area contributed by atoms with Gasteiger partial charge in [-0.25, -0.2) is 0 Å². The van der Waals surface area contributed by atoms with Gasteiger partial charge in [0.25, 0.3) is 0 Å². The van der Waals surface area contributed by atoms with Crippen molar-refractivity contribution in [3.8, 4) is 22.3 Å². The molecule has 0 amide bonds. The standard InChI is InChI=1S/C50H31NOS/c1-2-10-33(11-3-1)41-15-8-16-44-45-17-9-18-46(50(45)53-49(41)44)51(38-27-29-43-42-14-6-7-19-47(42)52-48(43)31-38)37-25-22-32(23-26-37)35-24-28-40-36(30-35)21-20-34-12-4-5-13-39(34)40/h1-31H. The molecular formula is C50H31NOS. The van der Waals surface area contributed by atoms with E-state index in [1.165, 1.54) is 64.0 Å². The molecule has 53 heavy (non-hydrogen) atoms. The normalized spacial score (nSPS) is 11.8. The number of anilines is 3. The second kappa shape index (κ2) is 11.9. The Bertz CT molecular complexity index is 3170. The molecule has 0 fully saturated rings. The summed E-state index contributed by atoms with van der Waals surface area (Å²) in [4.78, 5) is 2.39. The van der Waals surface area contributed by atoms with Gasteiger partial charge >= 0.3 is 0 Å². The lowest BCUT2D eigenvalue weighted by atomic mass is 9.97. The molecule has 11 aromatic rings. The minimum Gasteiger partial charge on any atom is -0.456 e. The number of benzene rings is 9. The van der Waals surface area contributed by atoms with Crippen LogP contribution in [-0.4, -0.2) is 0 Å². The molecule has 0 spiro atoms. The molecule has 0 saturated heterocycles. The van der Waals surface area contributed by atoms with E-state index in [-0.39, 0.29) is 0 Å². The molecule has 0 aliphatic rings. The number of hydrogen-bond acceptors (Lipinski definition) is 3. The molecule has 0 unspecified atom stereocenters. The Morgan fingerprint density at radius 3 is 1.89 bits per heavy atom. The van der Waals surface area contributed by atoms with Crippen LogP contribution >= 0.6 is 11.3 Å². The summed E-state index contributed by atoms with van der Waals surface area (Å²) in [5.74, 6) is 0. The van der Waals surface area contributed by atoms with Gasteiger partial charge in [-0.3, -0.25) is 0 Å². The van der Waals surface area contributed by atoms with E-state index in [1.54, 1.807) is 0 Å². The first-order valence-corrected chi connectivity index (χ1v) is 18.8. The minimum atomic E-state index is 0.879. The summed E-state index contributed by atoms with van der Waals surface area (Å²) in [6, 6.07) is 67.9. The van der Waals surface area contributed by atoms with Gasteiger partial charge in [-0.05, 0) is 86.3 Å². The molecule has 2 nitrogen and oxygen atoms in total. The fourth-order valence-electron chi connectivity index (χ4n) is 8.10. The molecule has 2 aromatic heterocycles. The van der Waals surface area contributed by atoms with Gasteiger partial charge in [-0.1, -0.05) is 140 Å². The number of furan rings is 1. The fourth-order valence-corrected chi connectivity index (χ4v) is 9.44. The van der Waals surface area contributed by atoms with Crippen molar-refractivity contribution in [1.29, 1.82) is 0 Å². The molecule has 2 heterocycles. The molecule has 11 rings (SSSR count). The Morgan fingerprint density at radius 1 is 0.358 bits per heavy atom. The van der Waals surface area contributed by atoms with Gasteiger partial charge in [0.05, 0.1) is 10.4 Å². The largest absolute Gasteiger partial charge is 0.456 e. The number of para-hydroxylation sites is 1. The van der Waals surface area contributed by atoms with E-state index in [2.05, 4.69) is 181 Å². The number of rotatable bonds is 5. The number of nitrogens with zero attached hydrogens (tertiary/aromatic N) is 1. The van der Waals surface area contributed by atoms with Crippen molar-refractivity contribution in [3.05, 3.63) is 188 Å². The minimum absolute atomic E-state index is 0.879. The number of thiophene rings is 1. The van der Waals surface area contributed by atoms with Gasteiger partial charge in [0.15, 0.2) is 0 Å². The van der Waals surface area contributed by atoms with E-state index in [1.807, 2.05) is 23.5 Å². The lowest BCUT2D eigenvalue weighted by Gasteiger charge is -2.26. The first kappa shape index (κ1) is 30.0.